The van der Waals surface area contributed by atoms with Gasteiger partial charge in [0.25, 0.3) is 0 Å². The van der Waals surface area contributed by atoms with Gasteiger partial charge in [-0.3, -0.25) is 0 Å². The summed E-state index contributed by atoms with van der Waals surface area (Å²) in [5.74, 6) is 0. The quantitative estimate of drug-likeness (QED) is 0.210. The second kappa shape index (κ2) is 10.6. The Morgan fingerprint density at radius 2 is 1.19 bits per heavy atom. The average Bonchev–Trinajstić information content (AvgIpc) is 3.19. The molecule has 6 N–H and O–H groups in total. The van der Waals surface area contributed by atoms with E-state index < -0.39 is 62.0 Å². The Morgan fingerprint density at radius 1 is 0.808 bits per heavy atom. The third-order valence-electron chi connectivity index (χ3n) is 4.39. The number of rotatable bonds is 10. The van der Waals surface area contributed by atoms with Gasteiger partial charge in [-0.25, -0.2) is 0 Å². The van der Waals surface area contributed by atoms with Crippen molar-refractivity contribution in [1.82, 2.24) is 0 Å². The molecule has 2 heterocycles. The lowest BCUT2D eigenvalue weighted by molar-refractivity contribution is -0.0895. The molecule has 0 aromatic carbocycles. The summed E-state index contributed by atoms with van der Waals surface area (Å²) in [6, 6.07) is 0. The van der Waals surface area contributed by atoms with Crippen LogP contribution in [0.25, 0.3) is 0 Å². The molecule has 2 aliphatic rings. The van der Waals surface area contributed by atoms with Crippen LogP contribution in [0.5, 0.6) is 0 Å². The first-order valence-electron chi connectivity index (χ1n) is 8.55. The Hall–Kier alpha value is -0.660. The van der Waals surface area contributed by atoms with Crippen molar-refractivity contribution in [1.29, 1.82) is 0 Å². The summed E-state index contributed by atoms with van der Waals surface area (Å²) in [5, 5.41) is 56.9. The number of hydrogen-bond donors (Lipinski definition) is 6. The average molecular weight is 380 g/mol. The highest BCUT2D eigenvalue weighted by Crippen LogP contribution is 2.22. The lowest BCUT2D eigenvalue weighted by Crippen LogP contribution is -2.42. The Morgan fingerprint density at radius 3 is 1.54 bits per heavy atom. The van der Waals surface area contributed by atoms with Gasteiger partial charge in [0.2, 0.25) is 0 Å². The Kier molecular flexibility index (Phi) is 8.84. The summed E-state index contributed by atoms with van der Waals surface area (Å²) in [5.41, 5.74) is 0. The van der Waals surface area contributed by atoms with E-state index in [9.17, 15) is 20.4 Å². The van der Waals surface area contributed by atoms with Crippen LogP contribution in [0.2, 0.25) is 0 Å². The predicted octanol–water partition coefficient (Wildman–Crippen LogP) is -3.46. The van der Waals surface area contributed by atoms with Crippen molar-refractivity contribution >= 4 is 0 Å². The molecule has 0 spiro atoms. The Balaban J connectivity index is 1.72. The van der Waals surface area contributed by atoms with Crippen LogP contribution in [0.4, 0.5) is 0 Å². The minimum Gasteiger partial charge on any atom is -0.394 e. The van der Waals surface area contributed by atoms with Crippen molar-refractivity contribution in [3.05, 3.63) is 12.2 Å². The lowest BCUT2D eigenvalue weighted by atomic mass is 10.1. The maximum atomic E-state index is 9.81. The Bertz CT molecular complexity index is 395. The van der Waals surface area contributed by atoms with E-state index in [1.54, 1.807) is 12.2 Å². The molecule has 2 aliphatic heterocycles. The predicted molar refractivity (Wildman–Crippen MR) is 86.3 cm³/mol. The maximum Gasteiger partial charge on any atom is 0.115 e. The summed E-state index contributed by atoms with van der Waals surface area (Å²) in [7, 11) is 0. The summed E-state index contributed by atoms with van der Waals surface area (Å²) in [4.78, 5) is 0. The van der Waals surface area contributed by atoms with Crippen LogP contribution in [0.1, 0.15) is 0 Å². The molecule has 8 atom stereocenters. The van der Waals surface area contributed by atoms with E-state index in [0.717, 1.165) is 0 Å². The fourth-order valence-electron chi connectivity index (χ4n) is 2.99. The van der Waals surface area contributed by atoms with Crippen molar-refractivity contribution in [3.8, 4) is 0 Å². The SMILES string of the molecule is OC[C@@H](O)[C@H]1OC[C@H](O)[C@H]1OC/C=C/CO[C@H]1[C@@H]([C@H](O)CO)OC[C@@H]1O. The second-order valence-corrected chi connectivity index (χ2v) is 6.30. The zero-order valence-electron chi connectivity index (χ0n) is 14.3. The van der Waals surface area contributed by atoms with E-state index in [-0.39, 0.29) is 26.4 Å². The van der Waals surface area contributed by atoms with Crippen LogP contribution >= 0.6 is 0 Å². The minimum absolute atomic E-state index is 0.0212. The van der Waals surface area contributed by atoms with Crippen LogP contribution < -0.4 is 0 Å². The molecule has 0 bridgehead atoms. The molecular formula is C16H28O10. The van der Waals surface area contributed by atoms with Crippen LogP contribution in [-0.4, -0.2) is 119 Å². The fraction of sp³-hybridized carbons (Fsp3) is 0.875. The lowest BCUT2D eigenvalue weighted by Gasteiger charge is -2.23. The molecule has 0 amide bonds. The molecule has 10 nitrogen and oxygen atoms in total. The molecular weight excluding hydrogens is 352 g/mol. The number of aliphatic hydroxyl groups excluding tert-OH is 6. The summed E-state index contributed by atoms with van der Waals surface area (Å²) < 4.78 is 21.4. The minimum atomic E-state index is -1.14. The van der Waals surface area contributed by atoms with E-state index in [1.165, 1.54) is 0 Å². The van der Waals surface area contributed by atoms with Crippen LogP contribution in [-0.2, 0) is 18.9 Å². The molecule has 152 valence electrons. The van der Waals surface area contributed by atoms with Crippen LogP contribution in [0.3, 0.4) is 0 Å². The number of aliphatic hydroxyl groups is 6. The smallest absolute Gasteiger partial charge is 0.115 e. The van der Waals surface area contributed by atoms with Crippen molar-refractivity contribution in [2.24, 2.45) is 0 Å². The van der Waals surface area contributed by atoms with E-state index >= 15 is 0 Å². The summed E-state index contributed by atoms with van der Waals surface area (Å²) >= 11 is 0. The van der Waals surface area contributed by atoms with Gasteiger partial charge in [0, 0.05) is 0 Å². The zero-order valence-corrected chi connectivity index (χ0v) is 14.3. The number of hydrogen-bond acceptors (Lipinski definition) is 10. The van der Waals surface area contributed by atoms with Gasteiger partial charge in [0.15, 0.2) is 0 Å². The highest BCUT2D eigenvalue weighted by molar-refractivity contribution is 4.92. The molecule has 0 aromatic heterocycles. The van der Waals surface area contributed by atoms with Gasteiger partial charge in [-0.05, 0) is 0 Å². The standard InChI is InChI=1S/C16H28O10/c17-5-9(19)13-15(11(21)7-25-13)23-3-1-2-4-24-16-12(22)8-26-14(16)10(20)6-18/h1-2,9-22H,3-8H2/b2-1+/t9-,10-,11+,12+,13-,14-,15-,16-/m1/s1. The molecule has 10 heteroatoms. The van der Waals surface area contributed by atoms with Gasteiger partial charge >= 0.3 is 0 Å². The van der Waals surface area contributed by atoms with Crippen molar-refractivity contribution in [3.63, 3.8) is 0 Å². The molecule has 0 aliphatic carbocycles. The van der Waals surface area contributed by atoms with Gasteiger partial charge in [0.1, 0.15) is 48.8 Å². The van der Waals surface area contributed by atoms with E-state index in [2.05, 4.69) is 0 Å². The van der Waals surface area contributed by atoms with E-state index in [4.69, 9.17) is 29.2 Å². The largest absolute Gasteiger partial charge is 0.394 e. The van der Waals surface area contributed by atoms with Gasteiger partial charge in [0.05, 0.1) is 39.6 Å². The van der Waals surface area contributed by atoms with Crippen LogP contribution in [0, 0.1) is 0 Å². The molecule has 26 heavy (non-hydrogen) atoms. The van der Waals surface area contributed by atoms with Gasteiger partial charge < -0.3 is 49.6 Å². The maximum absolute atomic E-state index is 9.81. The van der Waals surface area contributed by atoms with Crippen molar-refractivity contribution < 1.29 is 49.6 Å². The molecule has 2 fully saturated rings. The van der Waals surface area contributed by atoms with E-state index in [0.29, 0.717) is 0 Å². The third kappa shape index (κ3) is 5.42. The molecule has 2 saturated heterocycles. The van der Waals surface area contributed by atoms with E-state index in [1.807, 2.05) is 0 Å². The fourth-order valence-corrected chi connectivity index (χ4v) is 2.99. The summed E-state index contributed by atoms with van der Waals surface area (Å²) in [6.07, 6.45) is -3.90. The molecule has 2 rings (SSSR count). The molecule has 0 radical (unpaired) electrons. The van der Waals surface area contributed by atoms with Crippen molar-refractivity contribution in [2.75, 3.05) is 39.6 Å². The van der Waals surface area contributed by atoms with Crippen molar-refractivity contribution in [2.45, 2.75) is 48.8 Å². The van der Waals surface area contributed by atoms with Crippen LogP contribution in [0.15, 0.2) is 12.2 Å². The molecule has 0 aromatic rings. The topological polar surface area (TPSA) is 158 Å². The zero-order chi connectivity index (χ0) is 19.1. The highest BCUT2D eigenvalue weighted by atomic mass is 16.6. The normalized spacial score (nSPS) is 37.5. The first-order chi connectivity index (χ1) is 12.5. The number of ether oxygens (including phenoxy) is 4. The highest BCUT2D eigenvalue weighted by Gasteiger charge is 2.41. The van der Waals surface area contributed by atoms with Gasteiger partial charge in [-0.1, -0.05) is 12.2 Å². The van der Waals surface area contributed by atoms with Gasteiger partial charge in [-0.15, -0.1) is 0 Å². The third-order valence-corrected chi connectivity index (χ3v) is 4.39. The first kappa shape index (κ1) is 21.6. The monoisotopic (exact) mass is 380 g/mol. The second-order valence-electron chi connectivity index (χ2n) is 6.30. The molecule has 0 saturated carbocycles. The first-order valence-corrected chi connectivity index (χ1v) is 8.55. The Labute approximate surface area is 151 Å². The summed E-state index contributed by atoms with van der Waals surface area (Å²) in [6.45, 7) is -0.702. The molecule has 0 unspecified atom stereocenters. The van der Waals surface area contributed by atoms with Gasteiger partial charge in [-0.2, -0.15) is 0 Å².